The van der Waals surface area contributed by atoms with E-state index in [0.717, 1.165) is 12.8 Å². The molecule has 0 saturated heterocycles. The SMILES string of the molecule is O=C1CCCCC1=C(O)c1cn(-c2ccc(Cl)c(Cl)c2)nn1. The monoisotopic (exact) mass is 337 g/mol. The van der Waals surface area contributed by atoms with Gasteiger partial charge < -0.3 is 5.11 Å². The highest BCUT2D eigenvalue weighted by Crippen LogP contribution is 2.27. The van der Waals surface area contributed by atoms with Crippen molar-refractivity contribution in [3.05, 3.63) is 45.7 Å². The van der Waals surface area contributed by atoms with Crippen LogP contribution in [0.25, 0.3) is 11.4 Å². The van der Waals surface area contributed by atoms with E-state index in [2.05, 4.69) is 10.3 Å². The first kappa shape index (κ1) is 15.1. The zero-order valence-electron chi connectivity index (χ0n) is 11.6. The highest BCUT2D eigenvalue weighted by Gasteiger charge is 2.21. The molecule has 0 aliphatic heterocycles. The molecule has 1 saturated carbocycles. The molecular formula is C15H13Cl2N3O2. The van der Waals surface area contributed by atoms with Crippen LogP contribution in [0.1, 0.15) is 31.4 Å². The average Bonchev–Trinajstić information content (AvgIpc) is 3.00. The van der Waals surface area contributed by atoms with Crippen LogP contribution in [0.5, 0.6) is 0 Å². The second-order valence-corrected chi connectivity index (χ2v) is 5.92. The molecule has 2 aromatic rings. The predicted molar refractivity (Wildman–Crippen MR) is 84.4 cm³/mol. The molecule has 1 fully saturated rings. The summed E-state index contributed by atoms with van der Waals surface area (Å²) in [4.78, 5) is 11.9. The second-order valence-electron chi connectivity index (χ2n) is 5.10. The maximum atomic E-state index is 11.9. The van der Waals surface area contributed by atoms with E-state index in [1.807, 2.05) is 0 Å². The molecule has 1 aliphatic rings. The van der Waals surface area contributed by atoms with Gasteiger partial charge >= 0.3 is 0 Å². The summed E-state index contributed by atoms with van der Waals surface area (Å²) in [7, 11) is 0. The maximum Gasteiger partial charge on any atom is 0.162 e. The lowest BCUT2D eigenvalue weighted by atomic mass is 9.92. The molecule has 1 aromatic carbocycles. The summed E-state index contributed by atoms with van der Waals surface area (Å²) in [5.74, 6) is -0.108. The number of carbonyl (C=O) groups is 1. The van der Waals surface area contributed by atoms with Crippen molar-refractivity contribution in [2.45, 2.75) is 25.7 Å². The van der Waals surface area contributed by atoms with Gasteiger partial charge in [-0.25, -0.2) is 4.68 Å². The molecule has 5 nitrogen and oxygen atoms in total. The number of Topliss-reactive ketones (excluding diaryl/α,β-unsaturated/α-hetero) is 1. The maximum absolute atomic E-state index is 11.9. The lowest BCUT2D eigenvalue weighted by Crippen LogP contribution is -2.11. The van der Waals surface area contributed by atoms with Crippen molar-refractivity contribution in [1.29, 1.82) is 0 Å². The zero-order chi connectivity index (χ0) is 15.7. The molecular weight excluding hydrogens is 325 g/mol. The van der Waals surface area contributed by atoms with Crippen LogP contribution in [0.4, 0.5) is 0 Å². The Hall–Kier alpha value is -1.85. The number of allylic oxidation sites excluding steroid dienone is 1. The molecule has 22 heavy (non-hydrogen) atoms. The summed E-state index contributed by atoms with van der Waals surface area (Å²) < 4.78 is 1.47. The van der Waals surface area contributed by atoms with Crippen LogP contribution in [0.15, 0.2) is 30.0 Å². The number of hydrogen-bond donors (Lipinski definition) is 1. The molecule has 0 amide bonds. The molecule has 0 bridgehead atoms. The lowest BCUT2D eigenvalue weighted by molar-refractivity contribution is -0.116. The van der Waals surface area contributed by atoms with E-state index in [1.54, 1.807) is 24.4 Å². The largest absolute Gasteiger partial charge is 0.505 e. The predicted octanol–water partition coefficient (Wildman–Crippen LogP) is 3.99. The molecule has 0 radical (unpaired) electrons. The van der Waals surface area contributed by atoms with Crippen LogP contribution in [0.3, 0.4) is 0 Å². The van der Waals surface area contributed by atoms with Crippen molar-refractivity contribution in [2.75, 3.05) is 0 Å². The minimum atomic E-state index is -0.0870. The van der Waals surface area contributed by atoms with E-state index < -0.39 is 0 Å². The molecule has 0 unspecified atom stereocenters. The Morgan fingerprint density at radius 3 is 2.68 bits per heavy atom. The van der Waals surface area contributed by atoms with E-state index in [1.165, 1.54) is 4.68 Å². The van der Waals surface area contributed by atoms with Crippen molar-refractivity contribution < 1.29 is 9.90 Å². The zero-order valence-corrected chi connectivity index (χ0v) is 13.1. The van der Waals surface area contributed by atoms with E-state index in [4.69, 9.17) is 23.2 Å². The van der Waals surface area contributed by atoms with Crippen LogP contribution in [0.2, 0.25) is 10.0 Å². The van der Waals surface area contributed by atoms with Gasteiger partial charge in [-0.3, -0.25) is 4.79 Å². The number of aromatic nitrogens is 3. The van der Waals surface area contributed by atoms with E-state index in [0.29, 0.717) is 34.1 Å². The van der Waals surface area contributed by atoms with Gasteiger partial charge in [0, 0.05) is 12.0 Å². The van der Waals surface area contributed by atoms with Crippen molar-refractivity contribution in [1.82, 2.24) is 15.0 Å². The Morgan fingerprint density at radius 2 is 1.95 bits per heavy atom. The number of ketones is 1. The van der Waals surface area contributed by atoms with E-state index >= 15 is 0 Å². The van der Waals surface area contributed by atoms with Crippen molar-refractivity contribution in [3.63, 3.8) is 0 Å². The van der Waals surface area contributed by atoms with E-state index in [9.17, 15) is 9.90 Å². The number of hydrogen-bond acceptors (Lipinski definition) is 4. The first-order valence-corrected chi connectivity index (χ1v) is 7.65. The van der Waals surface area contributed by atoms with Gasteiger partial charge in [0.2, 0.25) is 0 Å². The first-order valence-electron chi connectivity index (χ1n) is 6.89. The Morgan fingerprint density at radius 1 is 1.18 bits per heavy atom. The summed E-state index contributed by atoms with van der Waals surface area (Å²) in [6, 6.07) is 5.05. The third-order valence-corrected chi connectivity index (χ3v) is 4.35. The Balaban J connectivity index is 1.94. The van der Waals surface area contributed by atoms with Gasteiger partial charge in [0.25, 0.3) is 0 Å². The Kier molecular flexibility index (Phi) is 4.18. The summed E-state index contributed by atoms with van der Waals surface area (Å²) in [5.41, 5.74) is 1.38. The number of rotatable bonds is 2. The summed E-state index contributed by atoms with van der Waals surface area (Å²) in [6.45, 7) is 0. The van der Waals surface area contributed by atoms with Crippen LogP contribution >= 0.6 is 23.2 Å². The Labute approximate surface area is 137 Å². The molecule has 0 spiro atoms. The summed E-state index contributed by atoms with van der Waals surface area (Å²) in [6.07, 6.45) is 4.37. The fourth-order valence-corrected chi connectivity index (χ4v) is 2.70. The average molecular weight is 338 g/mol. The van der Waals surface area contributed by atoms with Crippen LogP contribution in [-0.4, -0.2) is 25.9 Å². The standard InChI is InChI=1S/C15H13Cl2N3O2/c16-11-6-5-9(7-12(11)17)20-8-13(18-19-20)15(22)10-3-1-2-4-14(10)21/h5-8,22H,1-4H2. The van der Waals surface area contributed by atoms with E-state index in [-0.39, 0.29) is 17.2 Å². The number of benzene rings is 1. The number of carbonyl (C=O) groups excluding carboxylic acids is 1. The number of aliphatic hydroxyl groups excluding tert-OH is 1. The van der Waals surface area contributed by atoms with Crippen molar-refractivity contribution in [3.8, 4) is 5.69 Å². The molecule has 1 aliphatic carbocycles. The quantitative estimate of drug-likeness (QED) is 0.664. The number of nitrogens with zero attached hydrogens (tertiary/aromatic N) is 3. The number of aliphatic hydroxyl groups is 1. The molecule has 114 valence electrons. The summed E-state index contributed by atoms with van der Waals surface area (Å²) in [5, 5.41) is 19.0. The van der Waals surface area contributed by atoms with Crippen LogP contribution < -0.4 is 0 Å². The van der Waals surface area contributed by atoms with Crippen molar-refractivity contribution >= 4 is 34.7 Å². The topological polar surface area (TPSA) is 68.0 Å². The van der Waals surface area contributed by atoms with Crippen LogP contribution in [0, 0.1) is 0 Å². The molecule has 3 rings (SSSR count). The van der Waals surface area contributed by atoms with Gasteiger partial charge in [0.1, 0.15) is 5.69 Å². The lowest BCUT2D eigenvalue weighted by Gasteiger charge is -2.13. The minimum absolute atomic E-state index is 0.0205. The second kappa shape index (κ2) is 6.10. The van der Waals surface area contributed by atoms with Gasteiger partial charge in [0.15, 0.2) is 11.5 Å². The highest BCUT2D eigenvalue weighted by molar-refractivity contribution is 6.42. The molecule has 0 atom stereocenters. The smallest absolute Gasteiger partial charge is 0.162 e. The van der Waals surface area contributed by atoms with Gasteiger partial charge in [-0.15, -0.1) is 5.10 Å². The molecule has 1 heterocycles. The van der Waals surface area contributed by atoms with Gasteiger partial charge in [-0.2, -0.15) is 0 Å². The van der Waals surface area contributed by atoms with Gasteiger partial charge in [0.05, 0.1) is 21.9 Å². The van der Waals surface area contributed by atoms with Gasteiger partial charge in [-0.1, -0.05) is 28.4 Å². The third-order valence-electron chi connectivity index (χ3n) is 3.61. The molecule has 1 aromatic heterocycles. The fraction of sp³-hybridized carbons (Fsp3) is 0.267. The number of halogens is 2. The minimum Gasteiger partial charge on any atom is -0.505 e. The normalized spacial score (nSPS) is 17.6. The molecule has 7 heteroatoms. The van der Waals surface area contributed by atoms with Gasteiger partial charge in [-0.05, 0) is 37.5 Å². The first-order chi connectivity index (χ1) is 10.6. The summed E-state index contributed by atoms with van der Waals surface area (Å²) >= 11 is 11.9. The van der Waals surface area contributed by atoms with Crippen molar-refractivity contribution in [2.24, 2.45) is 0 Å². The third kappa shape index (κ3) is 2.87. The van der Waals surface area contributed by atoms with Crippen LogP contribution in [-0.2, 0) is 4.79 Å². The Bertz CT molecular complexity index is 768. The molecule has 1 N–H and O–H groups in total. The highest BCUT2D eigenvalue weighted by atomic mass is 35.5. The fourth-order valence-electron chi connectivity index (χ4n) is 2.41.